The Morgan fingerprint density at radius 1 is 1.04 bits per heavy atom. The SMILES string of the molecule is Cc1cccc(C)c1NC(=O)C(C)N1CCC(Cc2ccccc2)CC1. The van der Waals surface area contributed by atoms with Gasteiger partial charge in [-0.05, 0) is 75.7 Å². The molecule has 3 rings (SSSR count). The van der Waals surface area contributed by atoms with Gasteiger partial charge in [0, 0.05) is 5.69 Å². The number of nitrogens with one attached hydrogen (secondary N) is 1. The van der Waals surface area contributed by atoms with Crippen molar-refractivity contribution in [2.45, 2.75) is 46.1 Å². The van der Waals surface area contributed by atoms with E-state index in [1.54, 1.807) is 0 Å². The van der Waals surface area contributed by atoms with Gasteiger partial charge in [0.15, 0.2) is 0 Å². The van der Waals surface area contributed by atoms with Gasteiger partial charge in [0.05, 0.1) is 6.04 Å². The zero-order chi connectivity index (χ0) is 18.5. The maximum absolute atomic E-state index is 12.7. The van der Waals surface area contributed by atoms with Crippen LogP contribution in [-0.2, 0) is 11.2 Å². The standard InChI is InChI=1S/C23H30N2O/c1-17-8-7-9-18(2)22(17)24-23(26)19(3)25-14-12-21(13-15-25)16-20-10-5-4-6-11-20/h4-11,19,21H,12-16H2,1-3H3,(H,24,26). The number of likely N-dealkylation sites (tertiary alicyclic amines) is 1. The molecule has 3 heteroatoms. The van der Waals surface area contributed by atoms with Crippen molar-refractivity contribution < 1.29 is 4.79 Å². The van der Waals surface area contributed by atoms with Crippen LogP contribution < -0.4 is 5.32 Å². The predicted octanol–water partition coefficient (Wildman–Crippen LogP) is 4.59. The molecule has 1 aliphatic heterocycles. The van der Waals surface area contributed by atoms with E-state index < -0.39 is 0 Å². The van der Waals surface area contributed by atoms with Crippen LogP contribution in [0.5, 0.6) is 0 Å². The molecular formula is C23H30N2O. The van der Waals surface area contributed by atoms with Crippen LogP contribution in [0.2, 0.25) is 0 Å². The molecule has 138 valence electrons. The zero-order valence-corrected chi connectivity index (χ0v) is 16.2. The lowest BCUT2D eigenvalue weighted by Crippen LogP contribution is -2.46. The second-order valence-corrected chi connectivity index (χ2v) is 7.60. The Morgan fingerprint density at radius 2 is 1.65 bits per heavy atom. The van der Waals surface area contributed by atoms with Crippen LogP contribution in [-0.4, -0.2) is 29.9 Å². The number of benzene rings is 2. The van der Waals surface area contributed by atoms with Gasteiger partial charge < -0.3 is 5.32 Å². The molecule has 0 radical (unpaired) electrons. The maximum atomic E-state index is 12.7. The van der Waals surface area contributed by atoms with Gasteiger partial charge in [-0.1, -0.05) is 48.5 Å². The van der Waals surface area contributed by atoms with Crippen molar-refractivity contribution in [2.75, 3.05) is 18.4 Å². The molecule has 2 aromatic carbocycles. The number of para-hydroxylation sites is 1. The Morgan fingerprint density at radius 3 is 2.27 bits per heavy atom. The minimum absolute atomic E-state index is 0.0910. The van der Waals surface area contributed by atoms with Gasteiger partial charge in [-0.3, -0.25) is 9.69 Å². The molecule has 1 atom stereocenters. The van der Waals surface area contributed by atoms with Crippen LogP contribution in [0.3, 0.4) is 0 Å². The number of rotatable bonds is 5. The monoisotopic (exact) mass is 350 g/mol. The van der Waals surface area contributed by atoms with Gasteiger partial charge in [-0.25, -0.2) is 0 Å². The largest absolute Gasteiger partial charge is 0.324 e. The first-order chi connectivity index (χ1) is 12.5. The number of carbonyl (C=O) groups excluding carboxylic acids is 1. The lowest BCUT2D eigenvalue weighted by Gasteiger charge is -2.35. The molecule has 0 aromatic heterocycles. The number of nitrogens with zero attached hydrogens (tertiary/aromatic N) is 1. The Bertz CT molecular complexity index is 713. The molecule has 1 N–H and O–H groups in total. The molecule has 0 aliphatic carbocycles. The average Bonchev–Trinajstić information content (AvgIpc) is 2.65. The fourth-order valence-corrected chi connectivity index (χ4v) is 3.90. The fourth-order valence-electron chi connectivity index (χ4n) is 3.90. The van der Waals surface area contributed by atoms with Gasteiger partial charge in [0.1, 0.15) is 0 Å². The molecule has 2 aromatic rings. The number of aryl methyl sites for hydroxylation is 2. The Hall–Kier alpha value is -2.13. The Balaban J connectivity index is 1.53. The lowest BCUT2D eigenvalue weighted by atomic mass is 9.89. The van der Waals surface area contributed by atoms with E-state index in [1.165, 1.54) is 5.56 Å². The van der Waals surface area contributed by atoms with E-state index in [1.807, 2.05) is 39.0 Å². The second-order valence-electron chi connectivity index (χ2n) is 7.60. The minimum Gasteiger partial charge on any atom is -0.324 e. The molecular weight excluding hydrogens is 320 g/mol. The Kier molecular flexibility index (Phi) is 6.10. The van der Waals surface area contributed by atoms with Crippen molar-refractivity contribution in [3.05, 3.63) is 65.2 Å². The third-order valence-electron chi connectivity index (χ3n) is 5.67. The first-order valence-corrected chi connectivity index (χ1v) is 9.69. The van der Waals surface area contributed by atoms with Crippen LogP contribution in [0.4, 0.5) is 5.69 Å². The van der Waals surface area contributed by atoms with Crippen molar-refractivity contribution >= 4 is 11.6 Å². The maximum Gasteiger partial charge on any atom is 0.241 e. The quantitative estimate of drug-likeness (QED) is 0.856. The molecule has 1 aliphatic rings. The molecule has 1 fully saturated rings. The highest BCUT2D eigenvalue weighted by Gasteiger charge is 2.27. The highest BCUT2D eigenvalue weighted by molar-refractivity contribution is 5.95. The first-order valence-electron chi connectivity index (χ1n) is 9.69. The molecule has 1 heterocycles. The van der Waals surface area contributed by atoms with Gasteiger partial charge in [-0.2, -0.15) is 0 Å². The molecule has 0 spiro atoms. The molecule has 0 bridgehead atoms. The van der Waals surface area contributed by atoms with Crippen molar-refractivity contribution in [1.82, 2.24) is 4.90 Å². The van der Waals surface area contributed by atoms with E-state index in [0.717, 1.165) is 55.1 Å². The lowest BCUT2D eigenvalue weighted by molar-refractivity contribution is -0.121. The third kappa shape index (κ3) is 4.53. The molecule has 0 saturated carbocycles. The number of carbonyl (C=O) groups is 1. The summed E-state index contributed by atoms with van der Waals surface area (Å²) in [5, 5.41) is 3.15. The van der Waals surface area contributed by atoms with Crippen molar-refractivity contribution in [2.24, 2.45) is 5.92 Å². The van der Waals surface area contributed by atoms with Gasteiger partial charge >= 0.3 is 0 Å². The van der Waals surface area contributed by atoms with Crippen molar-refractivity contribution in [1.29, 1.82) is 0 Å². The predicted molar refractivity (Wildman–Crippen MR) is 108 cm³/mol. The topological polar surface area (TPSA) is 32.3 Å². The van der Waals surface area contributed by atoms with E-state index in [2.05, 4.69) is 40.5 Å². The van der Waals surface area contributed by atoms with Crippen molar-refractivity contribution in [3.8, 4) is 0 Å². The second kappa shape index (κ2) is 8.50. The van der Waals surface area contributed by atoms with E-state index in [-0.39, 0.29) is 11.9 Å². The summed E-state index contributed by atoms with van der Waals surface area (Å²) in [6, 6.07) is 16.8. The summed E-state index contributed by atoms with van der Waals surface area (Å²) in [5.74, 6) is 0.825. The Labute approximate surface area is 157 Å². The number of hydrogen-bond acceptors (Lipinski definition) is 2. The summed E-state index contributed by atoms with van der Waals surface area (Å²) in [6.45, 7) is 8.11. The number of piperidine rings is 1. The average molecular weight is 351 g/mol. The summed E-state index contributed by atoms with van der Waals surface area (Å²) in [6.07, 6.45) is 3.48. The molecule has 3 nitrogen and oxygen atoms in total. The van der Waals surface area contributed by atoms with E-state index in [0.29, 0.717) is 0 Å². The van der Waals surface area contributed by atoms with Gasteiger partial charge in [-0.15, -0.1) is 0 Å². The highest BCUT2D eigenvalue weighted by atomic mass is 16.2. The van der Waals surface area contributed by atoms with E-state index in [9.17, 15) is 4.79 Å². The summed E-state index contributed by atoms with van der Waals surface area (Å²) in [5.41, 5.74) is 4.62. The number of hydrogen-bond donors (Lipinski definition) is 1. The number of anilines is 1. The molecule has 26 heavy (non-hydrogen) atoms. The summed E-state index contributed by atoms with van der Waals surface area (Å²) >= 11 is 0. The minimum atomic E-state index is -0.0910. The highest BCUT2D eigenvalue weighted by Crippen LogP contribution is 2.24. The van der Waals surface area contributed by atoms with Gasteiger partial charge in [0.25, 0.3) is 0 Å². The zero-order valence-electron chi connectivity index (χ0n) is 16.2. The third-order valence-corrected chi connectivity index (χ3v) is 5.67. The summed E-state index contributed by atoms with van der Waals surface area (Å²) in [7, 11) is 0. The van der Waals surface area contributed by atoms with Crippen LogP contribution in [0.1, 0.15) is 36.5 Å². The van der Waals surface area contributed by atoms with Crippen molar-refractivity contribution in [3.63, 3.8) is 0 Å². The van der Waals surface area contributed by atoms with Gasteiger partial charge in [0.2, 0.25) is 5.91 Å². The summed E-state index contributed by atoms with van der Waals surface area (Å²) < 4.78 is 0. The van der Waals surface area contributed by atoms with Crippen LogP contribution >= 0.6 is 0 Å². The first kappa shape index (κ1) is 18.7. The smallest absolute Gasteiger partial charge is 0.241 e. The van der Waals surface area contributed by atoms with E-state index in [4.69, 9.17) is 0 Å². The fraction of sp³-hybridized carbons (Fsp3) is 0.435. The molecule has 1 amide bonds. The van der Waals surface area contributed by atoms with E-state index >= 15 is 0 Å². The van der Waals surface area contributed by atoms with Crippen LogP contribution in [0, 0.1) is 19.8 Å². The van der Waals surface area contributed by atoms with Crippen LogP contribution in [0.15, 0.2) is 48.5 Å². The summed E-state index contributed by atoms with van der Waals surface area (Å²) in [4.78, 5) is 15.1. The normalized spacial score (nSPS) is 17.0. The van der Waals surface area contributed by atoms with Crippen LogP contribution in [0.25, 0.3) is 0 Å². The molecule has 1 saturated heterocycles. The molecule has 1 unspecified atom stereocenters. The number of amides is 1.